The highest BCUT2D eigenvalue weighted by atomic mass is 19.4. The molecule has 1 fully saturated rings. The average molecular weight is 254 g/mol. The maximum atomic E-state index is 12.3. The normalized spacial score (nSPS) is 25.4. The number of halogens is 3. The van der Waals surface area contributed by atoms with Crippen LogP contribution in [0.15, 0.2) is 0 Å². The van der Waals surface area contributed by atoms with Gasteiger partial charge >= 0.3 is 6.18 Å². The van der Waals surface area contributed by atoms with Crippen LogP contribution in [-0.2, 0) is 14.4 Å². The molecule has 0 spiro atoms. The van der Waals surface area contributed by atoms with Crippen LogP contribution >= 0.6 is 0 Å². The summed E-state index contributed by atoms with van der Waals surface area (Å²) in [6, 6.07) is -1.87. The fourth-order valence-electron chi connectivity index (χ4n) is 1.60. The molecular formula is C9H13F3N2O3. The fraction of sp³-hybridized carbons (Fsp3) is 0.778. The van der Waals surface area contributed by atoms with Gasteiger partial charge in [-0.1, -0.05) is 0 Å². The average Bonchev–Trinajstić information content (AvgIpc) is 2.25. The van der Waals surface area contributed by atoms with E-state index >= 15 is 0 Å². The van der Waals surface area contributed by atoms with E-state index in [4.69, 9.17) is 0 Å². The van der Waals surface area contributed by atoms with E-state index in [9.17, 15) is 22.8 Å². The molecule has 0 unspecified atom stereocenters. The summed E-state index contributed by atoms with van der Waals surface area (Å²) in [7, 11) is 2.53. The van der Waals surface area contributed by atoms with Crippen LogP contribution < -0.4 is 5.32 Å². The third-order valence-electron chi connectivity index (χ3n) is 2.65. The van der Waals surface area contributed by atoms with Crippen molar-refractivity contribution in [2.45, 2.75) is 25.1 Å². The standard InChI is InChI=1S/C9H13F3N2O3/c1-14(17-2)8(16)5-3-4-6(9(10,11)12)13-7(5)15/h5-6H,3-4H2,1-2H3,(H,13,15)/t5-,6+/m0/s1. The number of piperidine rings is 1. The summed E-state index contributed by atoms with van der Waals surface area (Å²) < 4.78 is 37.0. The van der Waals surface area contributed by atoms with Crippen molar-refractivity contribution in [2.24, 2.45) is 5.92 Å². The summed E-state index contributed by atoms with van der Waals surface area (Å²) in [6.07, 6.45) is -4.91. The van der Waals surface area contributed by atoms with Crippen molar-refractivity contribution in [3.05, 3.63) is 0 Å². The van der Waals surface area contributed by atoms with Crippen molar-refractivity contribution in [3.63, 3.8) is 0 Å². The summed E-state index contributed by atoms with van der Waals surface area (Å²) in [6.45, 7) is 0. The summed E-state index contributed by atoms with van der Waals surface area (Å²) in [5.41, 5.74) is 0. The number of hydroxylamine groups is 2. The summed E-state index contributed by atoms with van der Waals surface area (Å²) in [4.78, 5) is 27.5. The Hall–Kier alpha value is -1.31. The zero-order valence-electron chi connectivity index (χ0n) is 9.37. The molecule has 8 heteroatoms. The van der Waals surface area contributed by atoms with Crippen molar-refractivity contribution >= 4 is 11.8 Å². The molecule has 0 aromatic carbocycles. The molecule has 1 saturated heterocycles. The van der Waals surface area contributed by atoms with E-state index in [1.165, 1.54) is 14.2 Å². The molecule has 1 aliphatic rings. The second-order valence-corrected chi connectivity index (χ2v) is 3.75. The third-order valence-corrected chi connectivity index (χ3v) is 2.65. The Kier molecular flexibility index (Phi) is 3.97. The summed E-state index contributed by atoms with van der Waals surface area (Å²) in [5, 5.41) is 2.63. The second kappa shape index (κ2) is 4.91. The summed E-state index contributed by atoms with van der Waals surface area (Å²) in [5.74, 6) is -2.67. The molecule has 0 aliphatic carbocycles. The first-order valence-corrected chi connectivity index (χ1v) is 4.96. The molecule has 2 amide bonds. The van der Waals surface area contributed by atoms with E-state index in [2.05, 4.69) is 4.84 Å². The van der Waals surface area contributed by atoms with Crippen molar-refractivity contribution in [1.82, 2.24) is 10.4 Å². The highest BCUT2D eigenvalue weighted by Crippen LogP contribution is 2.28. The quantitative estimate of drug-likeness (QED) is 0.575. The van der Waals surface area contributed by atoms with Gasteiger partial charge in [-0.15, -0.1) is 0 Å². The van der Waals surface area contributed by atoms with Crippen LogP contribution in [-0.4, -0.2) is 43.3 Å². The molecule has 0 saturated carbocycles. The van der Waals surface area contributed by atoms with E-state index in [0.717, 1.165) is 5.06 Å². The molecule has 0 aromatic rings. The Bertz CT molecular complexity index is 319. The monoisotopic (exact) mass is 254 g/mol. The fourth-order valence-corrected chi connectivity index (χ4v) is 1.60. The maximum absolute atomic E-state index is 12.3. The summed E-state index contributed by atoms with van der Waals surface area (Å²) >= 11 is 0. The predicted molar refractivity (Wildman–Crippen MR) is 50.5 cm³/mol. The first-order valence-electron chi connectivity index (χ1n) is 4.96. The molecule has 17 heavy (non-hydrogen) atoms. The number of nitrogens with one attached hydrogen (secondary N) is 1. The van der Waals surface area contributed by atoms with Crippen molar-refractivity contribution in [3.8, 4) is 0 Å². The molecule has 1 N–H and O–H groups in total. The highest BCUT2D eigenvalue weighted by molar-refractivity contribution is 6.00. The number of rotatable bonds is 2. The minimum atomic E-state index is -4.48. The molecule has 98 valence electrons. The number of carbonyl (C=O) groups excluding carboxylic acids is 2. The topological polar surface area (TPSA) is 58.6 Å². The maximum Gasteiger partial charge on any atom is 0.408 e. The Morgan fingerprint density at radius 1 is 1.47 bits per heavy atom. The van der Waals surface area contributed by atoms with Gasteiger partial charge in [0.15, 0.2) is 0 Å². The lowest BCUT2D eigenvalue weighted by Gasteiger charge is -2.31. The molecule has 1 heterocycles. The minimum absolute atomic E-state index is 0.136. The van der Waals surface area contributed by atoms with Gasteiger partial charge in [0, 0.05) is 7.05 Å². The minimum Gasteiger partial charge on any atom is -0.344 e. The zero-order chi connectivity index (χ0) is 13.2. The van der Waals surface area contributed by atoms with Crippen LogP contribution in [0.1, 0.15) is 12.8 Å². The number of alkyl halides is 3. The van der Waals surface area contributed by atoms with Crippen LogP contribution in [0.3, 0.4) is 0 Å². The van der Waals surface area contributed by atoms with E-state index in [1.807, 2.05) is 0 Å². The molecular weight excluding hydrogens is 241 g/mol. The Balaban J connectivity index is 2.66. The Morgan fingerprint density at radius 2 is 2.06 bits per heavy atom. The van der Waals surface area contributed by atoms with E-state index < -0.39 is 30.0 Å². The number of amides is 2. The number of hydrogen-bond donors (Lipinski definition) is 1. The highest BCUT2D eigenvalue weighted by Gasteiger charge is 2.46. The molecule has 0 aromatic heterocycles. The SMILES string of the molecule is CON(C)C(=O)[C@H]1CC[C@H](C(F)(F)F)NC1=O. The number of carbonyl (C=O) groups is 2. The molecule has 0 bridgehead atoms. The van der Waals surface area contributed by atoms with E-state index in [-0.39, 0.29) is 12.8 Å². The largest absolute Gasteiger partial charge is 0.408 e. The van der Waals surface area contributed by atoms with Gasteiger partial charge < -0.3 is 5.32 Å². The lowest BCUT2D eigenvalue weighted by atomic mass is 9.93. The molecule has 2 atom stereocenters. The van der Waals surface area contributed by atoms with Gasteiger partial charge in [0.1, 0.15) is 12.0 Å². The van der Waals surface area contributed by atoms with Crippen LogP contribution in [0.2, 0.25) is 0 Å². The van der Waals surface area contributed by atoms with E-state index in [1.54, 1.807) is 5.32 Å². The smallest absolute Gasteiger partial charge is 0.344 e. The lowest BCUT2D eigenvalue weighted by Crippen LogP contribution is -2.54. The van der Waals surface area contributed by atoms with Crippen molar-refractivity contribution in [2.75, 3.05) is 14.2 Å². The van der Waals surface area contributed by atoms with Crippen LogP contribution in [0.5, 0.6) is 0 Å². The van der Waals surface area contributed by atoms with Crippen molar-refractivity contribution < 1.29 is 27.6 Å². The molecule has 0 radical (unpaired) electrons. The molecule has 1 rings (SSSR count). The third kappa shape index (κ3) is 3.09. The Morgan fingerprint density at radius 3 is 2.47 bits per heavy atom. The van der Waals surface area contributed by atoms with Gasteiger partial charge in [0.05, 0.1) is 7.11 Å². The number of nitrogens with zero attached hydrogens (tertiary/aromatic N) is 1. The van der Waals surface area contributed by atoms with Crippen LogP contribution in [0, 0.1) is 5.92 Å². The van der Waals surface area contributed by atoms with Gasteiger partial charge in [-0.3, -0.25) is 14.4 Å². The van der Waals surface area contributed by atoms with Crippen LogP contribution in [0.25, 0.3) is 0 Å². The van der Waals surface area contributed by atoms with Crippen molar-refractivity contribution in [1.29, 1.82) is 0 Å². The predicted octanol–water partition coefficient (Wildman–Crippen LogP) is 0.463. The molecule has 1 aliphatic heterocycles. The number of hydrogen-bond acceptors (Lipinski definition) is 3. The van der Waals surface area contributed by atoms with Gasteiger partial charge in [0.25, 0.3) is 5.91 Å². The van der Waals surface area contributed by atoms with Gasteiger partial charge in [-0.05, 0) is 12.8 Å². The van der Waals surface area contributed by atoms with Gasteiger partial charge in [-0.2, -0.15) is 13.2 Å². The van der Waals surface area contributed by atoms with Gasteiger partial charge in [-0.25, -0.2) is 5.06 Å². The molecule has 5 nitrogen and oxygen atoms in total. The second-order valence-electron chi connectivity index (χ2n) is 3.75. The first kappa shape index (κ1) is 13.8. The Labute approximate surface area is 95.8 Å². The van der Waals surface area contributed by atoms with Crippen LogP contribution in [0.4, 0.5) is 13.2 Å². The first-order chi connectivity index (χ1) is 7.77. The lowest BCUT2D eigenvalue weighted by molar-refractivity contribution is -0.183. The van der Waals surface area contributed by atoms with E-state index in [0.29, 0.717) is 0 Å². The van der Waals surface area contributed by atoms with Gasteiger partial charge in [0.2, 0.25) is 5.91 Å². The zero-order valence-corrected chi connectivity index (χ0v) is 9.37.